The molecule has 0 unspecified atom stereocenters. The molecule has 88 valence electrons. The predicted molar refractivity (Wildman–Crippen MR) is 60.1 cm³/mol. The van der Waals surface area contributed by atoms with E-state index in [2.05, 4.69) is 29.3 Å². The van der Waals surface area contributed by atoms with E-state index >= 15 is 0 Å². The number of hydrazine groups is 1. The lowest BCUT2D eigenvalue weighted by Crippen LogP contribution is -2.43. The third-order valence-corrected chi connectivity index (χ3v) is 3.16. The molecule has 0 aromatic heterocycles. The number of nitrogens with two attached hydrogens (primary N) is 1. The first kappa shape index (κ1) is 12.4. The molecular formula is C10H22N4O. The van der Waals surface area contributed by atoms with E-state index in [0.717, 1.165) is 19.6 Å². The molecule has 0 radical (unpaired) electrons. The summed E-state index contributed by atoms with van der Waals surface area (Å²) in [7, 11) is 4.23. The first-order valence-corrected chi connectivity index (χ1v) is 5.51. The van der Waals surface area contributed by atoms with Gasteiger partial charge in [-0.3, -0.25) is 10.2 Å². The fourth-order valence-corrected chi connectivity index (χ4v) is 1.97. The van der Waals surface area contributed by atoms with Crippen molar-refractivity contribution >= 4 is 5.91 Å². The minimum absolute atomic E-state index is 0.0882. The highest BCUT2D eigenvalue weighted by Gasteiger charge is 2.20. The maximum absolute atomic E-state index is 11.0. The minimum atomic E-state index is -0.0882. The second-order valence-electron chi connectivity index (χ2n) is 4.33. The Morgan fingerprint density at radius 1 is 1.53 bits per heavy atom. The summed E-state index contributed by atoms with van der Waals surface area (Å²) >= 11 is 0. The van der Waals surface area contributed by atoms with Gasteiger partial charge in [0.25, 0.3) is 0 Å². The highest BCUT2D eigenvalue weighted by atomic mass is 16.2. The molecule has 0 saturated carbocycles. The third kappa shape index (κ3) is 4.15. The highest BCUT2D eigenvalue weighted by molar-refractivity contribution is 5.75. The number of rotatable bonds is 4. The monoisotopic (exact) mass is 214 g/mol. The van der Waals surface area contributed by atoms with E-state index in [0.29, 0.717) is 12.5 Å². The molecule has 0 spiro atoms. The Kier molecular flexibility index (Phi) is 5.01. The van der Waals surface area contributed by atoms with Gasteiger partial charge in [0.2, 0.25) is 5.91 Å². The lowest BCUT2D eigenvalue weighted by molar-refractivity contribution is -0.121. The summed E-state index contributed by atoms with van der Waals surface area (Å²) in [6.45, 7) is 3.09. The van der Waals surface area contributed by atoms with Crippen LogP contribution in [0.1, 0.15) is 19.3 Å². The van der Waals surface area contributed by atoms with Crippen LogP contribution in [0.15, 0.2) is 0 Å². The van der Waals surface area contributed by atoms with E-state index in [1.165, 1.54) is 12.8 Å². The summed E-state index contributed by atoms with van der Waals surface area (Å²) in [5.74, 6) is 4.94. The van der Waals surface area contributed by atoms with Crippen LogP contribution in [0.2, 0.25) is 0 Å². The van der Waals surface area contributed by atoms with Crippen molar-refractivity contribution in [2.75, 3.05) is 33.7 Å². The Morgan fingerprint density at radius 2 is 2.13 bits per heavy atom. The van der Waals surface area contributed by atoms with Crippen molar-refractivity contribution in [2.45, 2.75) is 25.3 Å². The number of nitrogens with one attached hydrogen (secondary N) is 1. The van der Waals surface area contributed by atoms with Crippen LogP contribution in [0.25, 0.3) is 0 Å². The molecule has 5 nitrogen and oxygen atoms in total. The molecule has 1 saturated heterocycles. The average molecular weight is 214 g/mol. The number of nitrogens with zero attached hydrogens (tertiary/aromatic N) is 2. The van der Waals surface area contributed by atoms with Gasteiger partial charge in [-0.15, -0.1) is 0 Å². The molecular weight excluding hydrogens is 192 g/mol. The van der Waals surface area contributed by atoms with Crippen molar-refractivity contribution in [3.63, 3.8) is 0 Å². The largest absolute Gasteiger partial charge is 0.306 e. The van der Waals surface area contributed by atoms with Gasteiger partial charge in [0, 0.05) is 19.0 Å². The minimum Gasteiger partial charge on any atom is -0.306 e. The number of carbonyl (C=O) groups excluding carboxylic acids is 1. The van der Waals surface area contributed by atoms with Gasteiger partial charge in [-0.25, -0.2) is 5.84 Å². The van der Waals surface area contributed by atoms with Crippen molar-refractivity contribution in [2.24, 2.45) is 5.84 Å². The average Bonchev–Trinajstić information content (AvgIpc) is 2.26. The summed E-state index contributed by atoms with van der Waals surface area (Å²) in [5.41, 5.74) is 2.16. The molecule has 5 heteroatoms. The standard InChI is InChI=1S/C10H22N4O/c1-13-6-3-9(4-7-13)14(2)8-5-10(15)12-11/h9H,3-8,11H2,1-2H3,(H,12,15). The Morgan fingerprint density at radius 3 is 2.67 bits per heavy atom. The maximum Gasteiger partial charge on any atom is 0.235 e. The van der Waals surface area contributed by atoms with Gasteiger partial charge < -0.3 is 9.80 Å². The molecule has 1 aliphatic rings. The molecule has 1 rings (SSSR count). The number of carbonyl (C=O) groups is 1. The lowest BCUT2D eigenvalue weighted by atomic mass is 10.0. The fraction of sp³-hybridized carbons (Fsp3) is 0.900. The van der Waals surface area contributed by atoms with Crippen LogP contribution in [0.4, 0.5) is 0 Å². The van der Waals surface area contributed by atoms with Crippen molar-refractivity contribution in [3.05, 3.63) is 0 Å². The van der Waals surface area contributed by atoms with Crippen LogP contribution in [0.5, 0.6) is 0 Å². The molecule has 0 aromatic rings. The molecule has 1 aliphatic heterocycles. The van der Waals surface area contributed by atoms with Gasteiger partial charge in [-0.05, 0) is 40.0 Å². The Labute approximate surface area is 91.6 Å². The second kappa shape index (κ2) is 6.05. The third-order valence-electron chi connectivity index (χ3n) is 3.16. The molecule has 1 fully saturated rings. The lowest BCUT2D eigenvalue weighted by Gasteiger charge is -2.34. The van der Waals surface area contributed by atoms with Gasteiger partial charge in [-0.1, -0.05) is 0 Å². The molecule has 0 aliphatic carbocycles. The van der Waals surface area contributed by atoms with Gasteiger partial charge in [0.15, 0.2) is 0 Å². The Bertz CT molecular complexity index is 202. The smallest absolute Gasteiger partial charge is 0.235 e. The quantitative estimate of drug-likeness (QED) is 0.372. The van der Waals surface area contributed by atoms with Crippen molar-refractivity contribution in [1.29, 1.82) is 0 Å². The van der Waals surface area contributed by atoms with Crippen molar-refractivity contribution in [1.82, 2.24) is 15.2 Å². The first-order valence-electron chi connectivity index (χ1n) is 5.51. The molecule has 15 heavy (non-hydrogen) atoms. The van der Waals surface area contributed by atoms with Crippen LogP contribution in [0, 0.1) is 0 Å². The van der Waals surface area contributed by atoms with Gasteiger partial charge in [0.1, 0.15) is 0 Å². The summed E-state index contributed by atoms with van der Waals surface area (Å²) in [6.07, 6.45) is 2.87. The zero-order valence-electron chi connectivity index (χ0n) is 9.70. The van der Waals surface area contributed by atoms with Crippen LogP contribution in [-0.4, -0.2) is 55.5 Å². The van der Waals surface area contributed by atoms with E-state index in [4.69, 9.17) is 5.84 Å². The number of amides is 1. The SMILES string of the molecule is CN1CCC(N(C)CCC(=O)NN)CC1. The van der Waals surface area contributed by atoms with E-state index in [-0.39, 0.29) is 5.91 Å². The molecule has 0 aromatic carbocycles. The van der Waals surface area contributed by atoms with E-state index in [9.17, 15) is 4.79 Å². The molecule has 1 heterocycles. The molecule has 3 N–H and O–H groups in total. The Hall–Kier alpha value is -0.650. The normalized spacial score (nSPS) is 19.5. The predicted octanol–water partition coefficient (Wildman–Crippen LogP) is -0.608. The van der Waals surface area contributed by atoms with E-state index in [1.54, 1.807) is 0 Å². The van der Waals surface area contributed by atoms with E-state index < -0.39 is 0 Å². The van der Waals surface area contributed by atoms with Crippen LogP contribution >= 0.6 is 0 Å². The molecule has 0 bridgehead atoms. The van der Waals surface area contributed by atoms with Crippen molar-refractivity contribution in [3.8, 4) is 0 Å². The topological polar surface area (TPSA) is 61.6 Å². The van der Waals surface area contributed by atoms with Crippen LogP contribution in [0.3, 0.4) is 0 Å². The van der Waals surface area contributed by atoms with Crippen molar-refractivity contribution < 1.29 is 4.79 Å². The summed E-state index contributed by atoms with van der Waals surface area (Å²) in [4.78, 5) is 15.6. The van der Waals surface area contributed by atoms with Gasteiger partial charge in [-0.2, -0.15) is 0 Å². The van der Waals surface area contributed by atoms with Crippen LogP contribution in [-0.2, 0) is 4.79 Å². The molecule has 1 amide bonds. The zero-order chi connectivity index (χ0) is 11.3. The van der Waals surface area contributed by atoms with Gasteiger partial charge in [0.05, 0.1) is 0 Å². The summed E-state index contributed by atoms with van der Waals surface area (Å²) in [6, 6.07) is 0.617. The summed E-state index contributed by atoms with van der Waals surface area (Å²) in [5, 5.41) is 0. The highest BCUT2D eigenvalue weighted by Crippen LogP contribution is 2.13. The van der Waals surface area contributed by atoms with E-state index in [1.807, 2.05) is 0 Å². The number of hydrogen-bond donors (Lipinski definition) is 2. The fourth-order valence-electron chi connectivity index (χ4n) is 1.97. The number of piperidine rings is 1. The molecule has 0 atom stereocenters. The number of likely N-dealkylation sites (tertiary alicyclic amines) is 1. The maximum atomic E-state index is 11.0. The Balaban J connectivity index is 2.22. The van der Waals surface area contributed by atoms with Crippen LogP contribution < -0.4 is 11.3 Å². The van der Waals surface area contributed by atoms with Gasteiger partial charge >= 0.3 is 0 Å². The second-order valence-corrected chi connectivity index (χ2v) is 4.33. The number of hydrogen-bond acceptors (Lipinski definition) is 4. The summed E-state index contributed by atoms with van der Waals surface area (Å²) < 4.78 is 0. The first-order chi connectivity index (χ1) is 7.13. The zero-order valence-corrected chi connectivity index (χ0v) is 9.70.